The van der Waals surface area contributed by atoms with Crippen LogP contribution in [-0.4, -0.2) is 15.0 Å². The van der Waals surface area contributed by atoms with Gasteiger partial charge in [0.1, 0.15) is 16.8 Å². The van der Waals surface area contributed by atoms with Gasteiger partial charge in [0.15, 0.2) is 11.4 Å². The maximum atomic E-state index is 5.78. The van der Waals surface area contributed by atoms with Crippen molar-refractivity contribution in [3.8, 4) is 11.5 Å². The highest BCUT2D eigenvalue weighted by atomic mass is 16.3. The lowest BCUT2D eigenvalue weighted by atomic mass is 10.2. The minimum absolute atomic E-state index is 0.641. The number of hydrogen-bond donors (Lipinski definition) is 0. The van der Waals surface area contributed by atoms with Crippen LogP contribution in [0.15, 0.2) is 59.3 Å². The number of para-hydroxylation sites is 1. The normalized spacial score (nSPS) is 11.2. The fraction of sp³-hybridized carbons (Fsp3) is 0. The zero-order valence-electron chi connectivity index (χ0n) is 9.95. The molecule has 0 atom stereocenters. The minimum Gasteiger partial charge on any atom is -0.454 e. The second-order valence-corrected chi connectivity index (χ2v) is 4.25. The second-order valence-electron chi connectivity index (χ2n) is 4.25. The van der Waals surface area contributed by atoms with Crippen molar-refractivity contribution in [3.05, 3.63) is 54.9 Å². The number of benzene rings is 1. The summed E-state index contributed by atoms with van der Waals surface area (Å²) in [6.07, 6.45) is 3.39. The molecule has 0 amide bonds. The summed E-state index contributed by atoms with van der Waals surface area (Å²) in [5, 5.41) is 1.06. The largest absolute Gasteiger partial charge is 0.454 e. The van der Waals surface area contributed by atoms with Crippen molar-refractivity contribution in [1.82, 2.24) is 15.0 Å². The molecule has 3 heterocycles. The quantitative estimate of drug-likeness (QED) is 0.517. The summed E-state index contributed by atoms with van der Waals surface area (Å²) in [6.45, 7) is 0. The molecule has 3 aromatic heterocycles. The van der Waals surface area contributed by atoms with E-state index < -0.39 is 0 Å². The highest BCUT2D eigenvalue weighted by Gasteiger charge is 2.08. The van der Waals surface area contributed by atoms with Gasteiger partial charge in [0.05, 0.1) is 6.20 Å². The van der Waals surface area contributed by atoms with Gasteiger partial charge in [0.25, 0.3) is 0 Å². The van der Waals surface area contributed by atoms with Gasteiger partial charge in [0.2, 0.25) is 0 Å². The van der Waals surface area contributed by atoms with E-state index in [1.807, 2.05) is 42.5 Å². The summed E-state index contributed by atoms with van der Waals surface area (Å²) < 4.78 is 5.78. The zero-order valence-corrected chi connectivity index (χ0v) is 9.95. The van der Waals surface area contributed by atoms with E-state index in [0.29, 0.717) is 5.65 Å². The van der Waals surface area contributed by atoms with Crippen molar-refractivity contribution in [2.45, 2.75) is 0 Å². The fourth-order valence-electron chi connectivity index (χ4n) is 2.08. The Kier molecular flexibility index (Phi) is 2.08. The molecule has 0 bridgehead atoms. The van der Waals surface area contributed by atoms with Gasteiger partial charge in [-0.05, 0) is 24.3 Å². The number of nitrogens with zero attached hydrogens (tertiary/aromatic N) is 3. The number of aromatic nitrogens is 3. The Labute approximate surface area is 108 Å². The molecule has 4 aromatic rings. The average molecular weight is 247 g/mol. The molecule has 0 spiro atoms. The van der Waals surface area contributed by atoms with E-state index in [2.05, 4.69) is 15.0 Å². The highest BCUT2D eigenvalue weighted by Crippen LogP contribution is 2.26. The monoisotopic (exact) mass is 247 g/mol. The van der Waals surface area contributed by atoms with Gasteiger partial charge in [-0.15, -0.1) is 0 Å². The Morgan fingerprint density at radius 3 is 2.84 bits per heavy atom. The van der Waals surface area contributed by atoms with Crippen LogP contribution in [0.3, 0.4) is 0 Å². The second kappa shape index (κ2) is 3.88. The Morgan fingerprint density at radius 1 is 0.947 bits per heavy atom. The first-order valence-corrected chi connectivity index (χ1v) is 5.97. The molecule has 19 heavy (non-hydrogen) atoms. The maximum absolute atomic E-state index is 5.78. The molecule has 0 aliphatic heterocycles. The van der Waals surface area contributed by atoms with Crippen LogP contribution in [-0.2, 0) is 0 Å². The molecule has 4 rings (SSSR count). The highest BCUT2D eigenvalue weighted by molar-refractivity contribution is 5.82. The van der Waals surface area contributed by atoms with Crippen LogP contribution in [0, 0.1) is 0 Å². The van der Waals surface area contributed by atoms with Crippen LogP contribution in [0.5, 0.6) is 0 Å². The Balaban J connectivity index is 1.93. The summed E-state index contributed by atoms with van der Waals surface area (Å²) >= 11 is 0. The standard InChI is InChI=1S/C15H9N3O/c1-2-6-13-10(4-1)8-14(19-13)12-9-17-15-11(18-12)5-3-7-16-15/h1-9H. The first-order chi connectivity index (χ1) is 9.40. The van der Waals surface area contributed by atoms with Crippen molar-refractivity contribution in [1.29, 1.82) is 0 Å². The number of pyridine rings is 1. The maximum Gasteiger partial charge on any atom is 0.178 e. The first-order valence-electron chi connectivity index (χ1n) is 5.97. The molecule has 0 radical (unpaired) electrons. The van der Waals surface area contributed by atoms with E-state index in [1.165, 1.54) is 0 Å². The molecule has 0 saturated heterocycles. The van der Waals surface area contributed by atoms with Crippen molar-refractivity contribution in [3.63, 3.8) is 0 Å². The smallest absolute Gasteiger partial charge is 0.178 e. The molecule has 0 fully saturated rings. The van der Waals surface area contributed by atoms with Crippen LogP contribution in [0.25, 0.3) is 33.6 Å². The summed E-state index contributed by atoms with van der Waals surface area (Å²) in [7, 11) is 0. The van der Waals surface area contributed by atoms with Gasteiger partial charge in [0, 0.05) is 11.6 Å². The lowest BCUT2D eigenvalue weighted by Crippen LogP contribution is -1.89. The molecule has 1 aromatic carbocycles. The molecular formula is C15H9N3O. The van der Waals surface area contributed by atoms with Crippen molar-refractivity contribution in [2.75, 3.05) is 0 Å². The Morgan fingerprint density at radius 2 is 1.89 bits per heavy atom. The zero-order chi connectivity index (χ0) is 12.7. The van der Waals surface area contributed by atoms with Gasteiger partial charge in [-0.1, -0.05) is 18.2 Å². The average Bonchev–Trinajstić information content (AvgIpc) is 2.90. The molecule has 0 N–H and O–H groups in total. The first kappa shape index (κ1) is 10.2. The molecule has 0 aliphatic carbocycles. The third-order valence-corrected chi connectivity index (χ3v) is 2.99. The van der Waals surface area contributed by atoms with Gasteiger partial charge < -0.3 is 4.42 Å². The molecule has 0 unspecified atom stereocenters. The van der Waals surface area contributed by atoms with Crippen LogP contribution in [0.2, 0.25) is 0 Å². The van der Waals surface area contributed by atoms with Gasteiger partial charge in [-0.25, -0.2) is 15.0 Å². The van der Waals surface area contributed by atoms with E-state index in [1.54, 1.807) is 12.4 Å². The van der Waals surface area contributed by atoms with Crippen LogP contribution < -0.4 is 0 Å². The topological polar surface area (TPSA) is 51.8 Å². The van der Waals surface area contributed by atoms with E-state index in [0.717, 1.165) is 27.9 Å². The van der Waals surface area contributed by atoms with Crippen molar-refractivity contribution in [2.24, 2.45) is 0 Å². The van der Waals surface area contributed by atoms with Gasteiger partial charge in [-0.3, -0.25) is 0 Å². The van der Waals surface area contributed by atoms with Gasteiger partial charge >= 0.3 is 0 Å². The van der Waals surface area contributed by atoms with E-state index in [9.17, 15) is 0 Å². The number of fused-ring (bicyclic) bond motifs is 2. The van der Waals surface area contributed by atoms with Gasteiger partial charge in [-0.2, -0.15) is 0 Å². The van der Waals surface area contributed by atoms with Crippen molar-refractivity contribution < 1.29 is 4.42 Å². The minimum atomic E-state index is 0.641. The van der Waals surface area contributed by atoms with Crippen LogP contribution in [0.4, 0.5) is 0 Å². The summed E-state index contributed by atoms with van der Waals surface area (Å²) in [5.41, 5.74) is 2.98. The number of furan rings is 1. The van der Waals surface area contributed by atoms with Crippen molar-refractivity contribution >= 4 is 22.1 Å². The van der Waals surface area contributed by atoms with E-state index in [4.69, 9.17) is 4.42 Å². The van der Waals surface area contributed by atoms with E-state index in [-0.39, 0.29) is 0 Å². The Bertz CT molecular complexity index is 849. The lowest BCUT2D eigenvalue weighted by Gasteiger charge is -1.97. The predicted molar refractivity (Wildman–Crippen MR) is 72.5 cm³/mol. The molecule has 4 heteroatoms. The summed E-state index contributed by atoms with van der Waals surface area (Å²) in [4.78, 5) is 13.0. The van der Waals surface area contributed by atoms with E-state index >= 15 is 0 Å². The molecular weight excluding hydrogens is 238 g/mol. The lowest BCUT2D eigenvalue weighted by molar-refractivity contribution is 0.628. The fourth-order valence-corrected chi connectivity index (χ4v) is 2.08. The SMILES string of the molecule is c1ccc2oc(-c3cnc4ncccc4n3)cc2c1. The third-order valence-electron chi connectivity index (χ3n) is 2.99. The predicted octanol–water partition coefficient (Wildman–Crippen LogP) is 3.44. The summed E-state index contributed by atoms with van der Waals surface area (Å²) in [6, 6.07) is 13.6. The van der Waals surface area contributed by atoms with Crippen LogP contribution in [0.1, 0.15) is 0 Å². The molecule has 90 valence electrons. The molecule has 0 aliphatic rings. The summed E-state index contributed by atoms with van der Waals surface area (Å²) in [5.74, 6) is 0.722. The number of hydrogen-bond acceptors (Lipinski definition) is 4. The third kappa shape index (κ3) is 1.65. The molecule has 0 saturated carbocycles. The Hall–Kier alpha value is -2.75. The van der Waals surface area contributed by atoms with Crippen LogP contribution >= 0.6 is 0 Å². The molecule has 4 nitrogen and oxygen atoms in total. The number of rotatable bonds is 1.